The van der Waals surface area contributed by atoms with Gasteiger partial charge in [0.25, 0.3) is 0 Å². The number of Topliss-reactive ketones (excluding diaryl/α,β-unsaturated/α-hetero) is 1. The summed E-state index contributed by atoms with van der Waals surface area (Å²) in [5, 5.41) is 0. The maximum absolute atomic E-state index is 12.2. The van der Waals surface area contributed by atoms with Crippen LogP contribution in [0.2, 0.25) is 0 Å². The molecule has 0 saturated heterocycles. The Morgan fingerprint density at radius 1 is 1.25 bits per heavy atom. The largest absolute Gasteiger partial charge is 0.294 e. The summed E-state index contributed by atoms with van der Waals surface area (Å²) in [6, 6.07) is 6.18. The number of sulfonamides is 1. The van der Waals surface area contributed by atoms with Gasteiger partial charge in [-0.25, -0.2) is 13.1 Å². The maximum Gasteiger partial charge on any atom is 0.240 e. The first-order valence-electron chi connectivity index (χ1n) is 6.78. The molecule has 1 rings (SSSR count). The van der Waals surface area contributed by atoms with Crippen molar-refractivity contribution in [1.82, 2.24) is 4.72 Å². The van der Waals surface area contributed by atoms with Gasteiger partial charge >= 0.3 is 0 Å². The minimum absolute atomic E-state index is 0.0586. The number of rotatable bonds is 6. The Kier molecular flexibility index (Phi) is 5.48. The molecule has 0 radical (unpaired) electrons. The number of nitrogens with one attached hydrogen (secondary N) is 1. The molecular weight excluding hydrogens is 274 g/mol. The van der Waals surface area contributed by atoms with Crippen LogP contribution in [0.1, 0.15) is 50.9 Å². The molecule has 0 fully saturated rings. The van der Waals surface area contributed by atoms with Crippen LogP contribution >= 0.6 is 0 Å². The average molecular weight is 297 g/mol. The van der Waals surface area contributed by atoms with Crippen molar-refractivity contribution in [1.29, 1.82) is 0 Å². The van der Waals surface area contributed by atoms with Gasteiger partial charge in [-0.2, -0.15) is 0 Å². The second-order valence-corrected chi connectivity index (χ2v) is 7.78. The van der Waals surface area contributed by atoms with Crippen LogP contribution < -0.4 is 4.72 Å². The Hall–Kier alpha value is -1.20. The minimum Gasteiger partial charge on any atom is -0.294 e. The fourth-order valence-corrected chi connectivity index (χ4v) is 2.76. The number of hydrogen-bond donors (Lipinski definition) is 1. The molecule has 0 aliphatic carbocycles. The summed E-state index contributed by atoms with van der Waals surface area (Å²) in [5.41, 5.74) is 0.508. The molecule has 1 aromatic carbocycles. The lowest BCUT2D eigenvalue weighted by Gasteiger charge is -2.18. The van der Waals surface area contributed by atoms with E-state index in [1.807, 2.05) is 0 Å². The van der Waals surface area contributed by atoms with Gasteiger partial charge in [-0.3, -0.25) is 4.79 Å². The molecular formula is C15H23NO3S. The molecule has 0 aromatic heterocycles. The van der Waals surface area contributed by atoms with Crippen LogP contribution in [0.15, 0.2) is 29.2 Å². The molecule has 0 aliphatic heterocycles. The topological polar surface area (TPSA) is 63.2 Å². The van der Waals surface area contributed by atoms with Crippen molar-refractivity contribution in [2.24, 2.45) is 5.41 Å². The van der Waals surface area contributed by atoms with E-state index < -0.39 is 10.0 Å². The molecule has 112 valence electrons. The highest BCUT2D eigenvalue weighted by Crippen LogP contribution is 2.18. The zero-order valence-electron chi connectivity index (χ0n) is 12.6. The van der Waals surface area contributed by atoms with E-state index in [4.69, 9.17) is 0 Å². The summed E-state index contributed by atoms with van der Waals surface area (Å²) in [4.78, 5) is 11.8. The highest BCUT2D eigenvalue weighted by Gasteiger charge is 2.17. The molecule has 0 unspecified atom stereocenters. The summed E-state index contributed by atoms with van der Waals surface area (Å²) in [5.74, 6) is -0.0586. The summed E-state index contributed by atoms with van der Waals surface area (Å²) < 4.78 is 26.9. The molecule has 0 saturated carbocycles. The zero-order valence-corrected chi connectivity index (χ0v) is 13.4. The van der Waals surface area contributed by atoms with Gasteiger partial charge in [-0.15, -0.1) is 0 Å². The van der Waals surface area contributed by atoms with Crippen molar-refractivity contribution in [3.63, 3.8) is 0 Å². The van der Waals surface area contributed by atoms with E-state index >= 15 is 0 Å². The molecule has 0 spiro atoms. The Morgan fingerprint density at radius 2 is 1.90 bits per heavy atom. The van der Waals surface area contributed by atoms with E-state index in [-0.39, 0.29) is 16.1 Å². The highest BCUT2D eigenvalue weighted by molar-refractivity contribution is 7.89. The van der Waals surface area contributed by atoms with E-state index in [0.29, 0.717) is 18.5 Å². The van der Waals surface area contributed by atoms with E-state index in [2.05, 4.69) is 25.5 Å². The molecule has 1 N–H and O–H groups in total. The van der Waals surface area contributed by atoms with Crippen molar-refractivity contribution < 1.29 is 13.2 Å². The van der Waals surface area contributed by atoms with Crippen LogP contribution in [-0.2, 0) is 10.0 Å². The number of carbonyl (C=O) groups is 1. The molecule has 0 amide bonds. The van der Waals surface area contributed by atoms with Gasteiger partial charge in [0, 0.05) is 18.5 Å². The van der Waals surface area contributed by atoms with Gasteiger partial charge in [-0.1, -0.05) is 39.8 Å². The average Bonchev–Trinajstić information content (AvgIpc) is 2.36. The molecule has 20 heavy (non-hydrogen) atoms. The summed E-state index contributed by atoms with van der Waals surface area (Å²) in [7, 11) is -3.55. The van der Waals surface area contributed by atoms with Crippen LogP contribution in [-0.4, -0.2) is 20.7 Å². The van der Waals surface area contributed by atoms with Crippen molar-refractivity contribution in [3.05, 3.63) is 29.8 Å². The molecule has 4 nitrogen and oxygen atoms in total. The SMILES string of the molecule is CCC(=O)c1cccc(S(=O)(=O)NCCC(C)(C)C)c1. The molecule has 0 heterocycles. The normalized spacial score (nSPS) is 12.4. The van der Waals surface area contributed by atoms with Gasteiger partial charge in [0.2, 0.25) is 10.0 Å². The standard InChI is InChI=1S/C15H23NO3S/c1-5-14(17)12-7-6-8-13(11-12)20(18,19)16-10-9-15(2,3)4/h6-8,11,16H,5,9-10H2,1-4H3. The molecule has 0 aliphatic rings. The van der Waals surface area contributed by atoms with E-state index in [1.54, 1.807) is 19.1 Å². The van der Waals surface area contributed by atoms with Gasteiger partial charge in [-0.05, 0) is 24.0 Å². The number of ketones is 1. The van der Waals surface area contributed by atoms with Gasteiger partial charge in [0.1, 0.15) is 0 Å². The van der Waals surface area contributed by atoms with Gasteiger partial charge < -0.3 is 0 Å². The molecule has 0 atom stereocenters. The first-order valence-corrected chi connectivity index (χ1v) is 8.27. The molecule has 0 bridgehead atoms. The smallest absolute Gasteiger partial charge is 0.240 e. The third-order valence-corrected chi connectivity index (χ3v) is 4.41. The van der Waals surface area contributed by atoms with Crippen LogP contribution in [0.5, 0.6) is 0 Å². The summed E-state index contributed by atoms with van der Waals surface area (Å²) >= 11 is 0. The quantitative estimate of drug-likeness (QED) is 0.821. The predicted molar refractivity (Wildman–Crippen MR) is 80.3 cm³/mol. The lowest BCUT2D eigenvalue weighted by Crippen LogP contribution is -2.27. The van der Waals surface area contributed by atoms with E-state index in [1.165, 1.54) is 12.1 Å². The predicted octanol–water partition coefficient (Wildman–Crippen LogP) is 2.99. The lowest BCUT2D eigenvalue weighted by atomic mass is 9.93. The highest BCUT2D eigenvalue weighted by atomic mass is 32.2. The summed E-state index contributed by atoms with van der Waals surface area (Å²) in [6.45, 7) is 8.31. The van der Waals surface area contributed by atoms with Crippen LogP contribution in [0.3, 0.4) is 0 Å². The van der Waals surface area contributed by atoms with E-state index in [0.717, 1.165) is 6.42 Å². The second-order valence-electron chi connectivity index (χ2n) is 6.01. The fourth-order valence-electron chi connectivity index (χ4n) is 1.68. The van der Waals surface area contributed by atoms with Crippen LogP contribution in [0, 0.1) is 5.41 Å². The number of benzene rings is 1. The Bertz CT molecular complexity index is 571. The molecule has 5 heteroatoms. The molecule has 1 aromatic rings. The van der Waals surface area contributed by atoms with Crippen LogP contribution in [0.25, 0.3) is 0 Å². The van der Waals surface area contributed by atoms with Crippen LogP contribution in [0.4, 0.5) is 0 Å². The van der Waals surface area contributed by atoms with E-state index in [9.17, 15) is 13.2 Å². The third kappa shape index (κ3) is 5.06. The Balaban J connectivity index is 2.85. The van der Waals surface area contributed by atoms with Gasteiger partial charge in [0.05, 0.1) is 4.90 Å². The fraction of sp³-hybridized carbons (Fsp3) is 0.533. The van der Waals surface area contributed by atoms with Crippen molar-refractivity contribution >= 4 is 15.8 Å². The van der Waals surface area contributed by atoms with Crippen molar-refractivity contribution in [2.75, 3.05) is 6.54 Å². The zero-order chi connectivity index (χ0) is 15.4. The number of hydrogen-bond acceptors (Lipinski definition) is 3. The Morgan fingerprint density at radius 3 is 2.45 bits per heavy atom. The third-order valence-electron chi connectivity index (χ3n) is 2.95. The monoisotopic (exact) mass is 297 g/mol. The maximum atomic E-state index is 12.2. The first-order chi connectivity index (χ1) is 9.15. The van der Waals surface area contributed by atoms with Gasteiger partial charge in [0.15, 0.2) is 5.78 Å². The first kappa shape index (κ1) is 16.9. The lowest BCUT2D eigenvalue weighted by molar-refractivity contribution is 0.0988. The summed E-state index contributed by atoms with van der Waals surface area (Å²) in [6.07, 6.45) is 1.11. The van der Waals surface area contributed by atoms with Crippen molar-refractivity contribution in [2.45, 2.75) is 45.4 Å². The van der Waals surface area contributed by atoms with Crippen molar-refractivity contribution in [3.8, 4) is 0 Å². The number of carbonyl (C=O) groups excluding carboxylic acids is 1. The minimum atomic E-state index is -3.55. The Labute approximate surface area is 121 Å². The second kappa shape index (κ2) is 6.50.